The Morgan fingerprint density at radius 1 is 0.929 bits per heavy atom. The van der Waals surface area contributed by atoms with E-state index in [0.717, 1.165) is 6.92 Å². The molecule has 4 rings (SSSR count). The zero-order valence-electron chi connectivity index (χ0n) is 14.7. The molecule has 2 aromatic heterocycles. The van der Waals surface area contributed by atoms with Crippen LogP contribution in [0.25, 0.3) is 33.9 Å². The lowest BCUT2D eigenvalue weighted by molar-refractivity contribution is -0.138. The number of nitrogens with zero attached hydrogens (tertiary/aromatic N) is 3. The quantitative estimate of drug-likeness (QED) is 0.516. The third kappa shape index (κ3) is 3.53. The second kappa shape index (κ2) is 6.95. The third-order valence-corrected chi connectivity index (χ3v) is 4.18. The molecule has 0 radical (unpaired) electrons. The van der Waals surface area contributed by atoms with E-state index in [2.05, 4.69) is 20.3 Å². The van der Waals surface area contributed by atoms with E-state index in [0.29, 0.717) is 22.3 Å². The Kier molecular flexibility index (Phi) is 4.46. The molecule has 8 heteroatoms. The van der Waals surface area contributed by atoms with Gasteiger partial charge in [0.2, 0.25) is 11.8 Å². The van der Waals surface area contributed by atoms with Crippen LogP contribution in [-0.2, 0) is 0 Å². The van der Waals surface area contributed by atoms with Crippen LogP contribution in [0.15, 0.2) is 65.2 Å². The summed E-state index contributed by atoms with van der Waals surface area (Å²) < 4.78 is 44.7. The zero-order chi connectivity index (χ0) is 19.7. The van der Waals surface area contributed by atoms with Gasteiger partial charge in [0.25, 0.3) is 0 Å². The van der Waals surface area contributed by atoms with E-state index in [1.165, 1.54) is 6.20 Å². The Hall–Kier alpha value is -3.42. The van der Waals surface area contributed by atoms with Gasteiger partial charge in [-0.2, -0.15) is 13.2 Å². The van der Waals surface area contributed by atoms with Gasteiger partial charge in [-0.3, -0.25) is 4.98 Å². The van der Waals surface area contributed by atoms with Gasteiger partial charge < -0.3 is 9.73 Å². The molecule has 0 aliphatic rings. The van der Waals surface area contributed by atoms with Gasteiger partial charge in [-0.15, -0.1) is 0 Å². The molecule has 1 atom stereocenters. The standard InChI is InChI=1S/C20H15F3N4O/c1-12(20(21,22)23)25-19-17(13-7-3-2-4-8-13)27-18(28-19)16-11-24-14-9-5-6-10-15(14)26-16/h2-12,25H,1H3. The van der Waals surface area contributed by atoms with Crippen molar-refractivity contribution in [3.63, 3.8) is 0 Å². The van der Waals surface area contributed by atoms with E-state index < -0.39 is 12.2 Å². The third-order valence-electron chi connectivity index (χ3n) is 4.18. The largest absolute Gasteiger partial charge is 0.418 e. The lowest BCUT2D eigenvalue weighted by Gasteiger charge is -2.17. The van der Waals surface area contributed by atoms with Crippen molar-refractivity contribution in [1.29, 1.82) is 0 Å². The Labute approximate surface area is 158 Å². The average molecular weight is 384 g/mol. The van der Waals surface area contributed by atoms with Crippen molar-refractivity contribution in [1.82, 2.24) is 15.0 Å². The van der Waals surface area contributed by atoms with Gasteiger partial charge in [-0.05, 0) is 19.1 Å². The molecule has 0 fully saturated rings. The first kappa shape index (κ1) is 18.0. The van der Waals surface area contributed by atoms with E-state index in [9.17, 15) is 13.2 Å². The van der Waals surface area contributed by atoms with Crippen LogP contribution >= 0.6 is 0 Å². The Bertz CT molecular complexity index is 1110. The van der Waals surface area contributed by atoms with Crippen LogP contribution in [0, 0.1) is 0 Å². The highest BCUT2D eigenvalue weighted by molar-refractivity contribution is 5.77. The van der Waals surface area contributed by atoms with Crippen LogP contribution in [-0.4, -0.2) is 27.2 Å². The van der Waals surface area contributed by atoms with Crippen LogP contribution in [0.5, 0.6) is 0 Å². The molecule has 0 saturated heterocycles. The fourth-order valence-electron chi connectivity index (χ4n) is 2.66. The van der Waals surface area contributed by atoms with E-state index in [4.69, 9.17) is 4.42 Å². The molecule has 142 valence electrons. The second-order valence-corrected chi connectivity index (χ2v) is 6.21. The Morgan fingerprint density at radius 3 is 2.32 bits per heavy atom. The lowest BCUT2D eigenvalue weighted by Crippen LogP contribution is -2.33. The highest BCUT2D eigenvalue weighted by Crippen LogP contribution is 2.34. The number of nitrogens with one attached hydrogen (secondary N) is 1. The summed E-state index contributed by atoms with van der Waals surface area (Å²) >= 11 is 0. The molecular weight excluding hydrogens is 369 g/mol. The summed E-state index contributed by atoms with van der Waals surface area (Å²) in [6, 6.07) is 14.3. The molecule has 1 N–H and O–H groups in total. The minimum Gasteiger partial charge on any atom is -0.418 e. The van der Waals surface area contributed by atoms with Gasteiger partial charge in [0.1, 0.15) is 17.4 Å². The van der Waals surface area contributed by atoms with Crippen molar-refractivity contribution < 1.29 is 17.6 Å². The van der Waals surface area contributed by atoms with Crippen molar-refractivity contribution in [2.24, 2.45) is 0 Å². The van der Waals surface area contributed by atoms with Crippen LogP contribution in [0.1, 0.15) is 6.92 Å². The second-order valence-electron chi connectivity index (χ2n) is 6.21. The van der Waals surface area contributed by atoms with Gasteiger partial charge in [0, 0.05) is 5.56 Å². The Morgan fingerprint density at radius 2 is 1.61 bits per heavy atom. The maximum atomic E-state index is 13.0. The molecule has 0 amide bonds. The predicted octanol–water partition coefficient (Wildman–Crippen LogP) is 5.31. The number of anilines is 1. The first-order valence-corrected chi connectivity index (χ1v) is 8.53. The van der Waals surface area contributed by atoms with Crippen molar-refractivity contribution in [3.05, 3.63) is 60.8 Å². The molecule has 28 heavy (non-hydrogen) atoms. The molecular formula is C20H15F3N4O. The lowest BCUT2D eigenvalue weighted by atomic mass is 10.1. The molecule has 0 aliphatic heterocycles. The maximum absolute atomic E-state index is 13.0. The van der Waals surface area contributed by atoms with Gasteiger partial charge in [0.05, 0.1) is 17.2 Å². The molecule has 0 saturated carbocycles. The number of oxazole rings is 1. The fourth-order valence-corrected chi connectivity index (χ4v) is 2.66. The van der Waals surface area contributed by atoms with Gasteiger partial charge in [-0.25, -0.2) is 9.97 Å². The summed E-state index contributed by atoms with van der Waals surface area (Å²) in [5.74, 6) is 0.0231. The van der Waals surface area contributed by atoms with Crippen LogP contribution < -0.4 is 5.32 Å². The minimum atomic E-state index is -4.43. The van der Waals surface area contributed by atoms with Crippen molar-refractivity contribution in [2.45, 2.75) is 19.1 Å². The SMILES string of the molecule is CC(Nc1oc(-c2cnc3ccccc3n2)nc1-c1ccccc1)C(F)(F)F. The number of benzene rings is 2. The van der Waals surface area contributed by atoms with Gasteiger partial charge in [-0.1, -0.05) is 42.5 Å². The molecule has 0 aliphatic carbocycles. The molecule has 5 nitrogen and oxygen atoms in total. The smallest absolute Gasteiger partial charge is 0.408 e. The molecule has 1 unspecified atom stereocenters. The molecule has 2 aromatic carbocycles. The first-order chi connectivity index (χ1) is 13.4. The summed E-state index contributed by atoms with van der Waals surface area (Å²) in [7, 11) is 0. The summed E-state index contributed by atoms with van der Waals surface area (Å²) in [5.41, 5.74) is 2.58. The number of para-hydroxylation sites is 2. The van der Waals surface area contributed by atoms with E-state index in [1.54, 1.807) is 30.3 Å². The number of halogens is 3. The summed E-state index contributed by atoms with van der Waals surface area (Å²) in [4.78, 5) is 13.2. The number of aromatic nitrogens is 3. The molecule has 0 bridgehead atoms. The minimum absolute atomic E-state index is 0.0685. The molecule has 4 aromatic rings. The number of alkyl halides is 3. The van der Waals surface area contributed by atoms with E-state index >= 15 is 0 Å². The van der Waals surface area contributed by atoms with Crippen LogP contribution in [0.2, 0.25) is 0 Å². The van der Waals surface area contributed by atoms with E-state index in [1.807, 2.05) is 24.3 Å². The predicted molar refractivity (Wildman–Crippen MR) is 99.6 cm³/mol. The Balaban J connectivity index is 1.79. The highest BCUT2D eigenvalue weighted by Gasteiger charge is 2.37. The topological polar surface area (TPSA) is 63.8 Å². The van der Waals surface area contributed by atoms with Crippen LogP contribution in [0.3, 0.4) is 0 Å². The number of hydrogen-bond donors (Lipinski definition) is 1. The summed E-state index contributed by atoms with van der Waals surface area (Å²) in [5, 5.41) is 2.37. The highest BCUT2D eigenvalue weighted by atomic mass is 19.4. The summed E-state index contributed by atoms with van der Waals surface area (Å²) in [6.07, 6.45) is -2.94. The van der Waals surface area contributed by atoms with E-state index in [-0.39, 0.29) is 17.5 Å². The average Bonchev–Trinajstić information content (AvgIpc) is 3.11. The maximum Gasteiger partial charge on any atom is 0.408 e. The van der Waals surface area contributed by atoms with Crippen molar-refractivity contribution in [2.75, 3.05) is 5.32 Å². The fraction of sp³-hybridized carbons (Fsp3) is 0.150. The zero-order valence-corrected chi connectivity index (χ0v) is 14.7. The van der Waals surface area contributed by atoms with Gasteiger partial charge in [0.15, 0.2) is 0 Å². The number of hydrogen-bond acceptors (Lipinski definition) is 5. The molecule has 0 spiro atoms. The molecule has 2 heterocycles. The summed E-state index contributed by atoms with van der Waals surface area (Å²) in [6.45, 7) is 1.02. The van der Waals surface area contributed by atoms with Gasteiger partial charge >= 0.3 is 6.18 Å². The monoisotopic (exact) mass is 384 g/mol. The van der Waals surface area contributed by atoms with Crippen LogP contribution in [0.4, 0.5) is 19.1 Å². The van der Waals surface area contributed by atoms with Crippen molar-refractivity contribution in [3.8, 4) is 22.8 Å². The first-order valence-electron chi connectivity index (χ1n) is 8.53. The normalized spacial score (nSPS) is 12.9. The number of rotatable bonds is 4. The van der Waals surface area contributed by atoms with Crippen molar-refractivity contribution >= 4 is 16.9 Å². The number of fused-ring (bicyclic) bond motifs is 1.